The zero-order chi connectivity index (χ0) is 13.1. The van der Waals surface area contributed by atoms with Crippen molar-refractivity contribution in [2.75, 3.05) is 12.4 Å². The molecule has 0 saturated carbocycles. The molecule has 0 aliphatic heterocycles. The summed E-state index contributed by atoms with van der Waals surface area (Å²) in [6, 6.07) is 7.36. The van der Waals surface area contributed by atoms with E-state index in [1.165, 1.54) is 11.8 Å². The molecule has 1 aromatic heterocycles. The largest absolute Gasteiger partial charge is 0.357 e. The van der Waals surface area contributed by atoms with Gasteiger partial charge in [-0.05, 0) is 24.3 Å². The van der Waals surface area contributed by atoms with E-state index in [1.54, 1.807) is 19.2 Å². The van der Waals surface area contributed by atoms with Crippen molar-refractivity contribution >= 4 is 52.5 Å². The van der Waals surface area contributed by atoms with Gasteiger partial charge in [0.2, 0.25) is 5.95 Å². The van der Waals surface area contributed by atoms with Crippen LogP contribution in [0.15, 0.2) is 34.1 Å². The minimum Gasteiger partial charge on any atom is -0.357 e. The van der Waals surface area contributed by atoms with Crippen LogP contribution in [0.2, 0.25) is 15.3 Å². The zero-order valence-corrected chi connectivity index (χ0v) is 12.3. The summed E-state index contributed by atoms with van der Waals surface area (Å²) < 4.78 is 0. The summed E-state index contributed by atoms with van der Waals surface area (Å²) in [5, 5.41) is 4.11. The Morgan fingerprint density at radius 3 is 2.06 bits per heavy atom. The first-order chi connectivity index (χ1) is 8.60. The van der Waals surface area contributed by atoms with Crippen molar-refractivity contribution in [2.24, 2.45) is 0 Å². The summed E-state index contributed by atoms with van der Waals surface area (Å²) in [6.07, 6.45) is 0. The molecule has 0 saturated heterocycles. The lowest BCUT2D eigenvalue weighted by molar-refractivity contribution is 1.09. The van der Waals surface area contributed by atoms with Gasteiger partial charge in [0.25, 0.3) is 0 Å². The summed E-state index contributed by atoms with van der Waals surface area (Å²) in [5.41, 5.74) is 0. The van der Waals surface area contributed by atoms with E-state index in [0.717, 1.165) is 4.90 Å². The second kappa shape index (κ2) is 5.97. The van der Waals surface area contributed by atoms with E-state index in [0.29, 0.717) is 26.2 Å². The van der Waals surface area contributed by atoms with E-state index >= 15 is 0 Å². The minimum absolute atomic E-state index is 0.319. The van der Waals surface area contributed by atoms with E-state index in [4.69, 9.17) is 34.8 Å². The van der Waals surface area contributed by atoms with Crippen LogP contribution < -0.4 is 5.32 Å². The molecule has 0 bridgehead atoms. The van der Waals surface area contributed by atoms with Gasteiger partial charge in [-0.3, -0.25) is 0 Å². The third-order valence-electron chi connectivity index (χ3n) is 2.04. The molecule has 0 radical (unpaired) electrons. The van der Waals surface area contributed by atoms with E-state index in [1.807, 2.05) is 12.1 Å². The Bertz CT molecular complexity index is 537. The second-order valence-corrected chi connectivity index (χ2v) is 5.50. The Balaban J connectivity index is 2.31. The molecule has 0 aliphatic carbocycles. The summed E-state index contributed by atoms with van der Waals surface area (Å²) >= 11 is 19.4. The van der Waals surface area contributed by atoms with Crippen LogP contribution in [-0.4, -0.2) is 17.0 Å². The normalized spacial score (nSPS) is 10.4. The monoisotopic (exact) mass is 319 g/mol. The molecule has 1 aromatic carbocycles. The topological polar surface area (TPSA) is 37.8 Å². The Hall–Kier alpha value is -0.680. The van der Waals surface area contributed by atoms with Crippen molar-refractivity contribution in [1.29, 1.82) is 0 Å². The van der Waals surface area contributed by atoms with Gasteiger partial charge in [0.15, 0.2) is 0 Å². The highest BCUT2D eigenvalue weighted by Gasteiger charge is 2.12. The maximum absolute atomic E-state index is 6.07. The molecule has 0 atom stereocenters. The van der Waals surface area contributed by atoms with Crippen molar-refractivity contribution in [2.45, 2.75) is 9.79 Å². The van der Waals surface area contributed by atoms with Crippen LogP contribution >= 0.6 is 46.6 Å². The van der Waals surface area contributed by atoms with Crippen LogP contribution in [0.1, 0.15) is 0 Å². The molecule has 2 aromatic rings. The number of nitrogens with zero attached hydrogens (tertiary/aromatic N) is 2. The summed E-state index contributed by atoms with van der Waals surface area (Å²) in [7, 11) is 1.70. The summed E-state index contributed by atoms with van der Waals surface area (Å²) in [5.74, 6) is 0.394. The van der Waals surface area contributed by atoms with Gasteiger partial charge in [0.1, 0.15) is 10.3 Å². The summed E-state index contributed by atoms with van der Waals surface area (Å²) in [6.45, 7) is 0. The van der Waals surface area contributed by atoms with Crippen LogP contribution in [0.4, 0.5) is 5.95 Å². The quantitative estimate of drug-likeness (QED) is 0.837. The van der Waals surface area contributed by atoms with Gasteiger partial charge in [0, 0.05) is 17.0 Å². The van der Waals surface area contributed by atoms with Gasteiger partial charge in [-0.25, -0.2) is 0 Å². The smallest absolute Gasteiger partial charge is 0.225 e. The first-order valence-electron chi connectivity index (χ1n) is 4.94. The number of anilines is 1. The van der Waals surface area contributed by atoms with Gasteiger partial charge in [0.05, 0.1) is 4.90 Å². The number of rotatable bonds is 3. The SMILES string of the molecule is CNc1nc(Cl)c(Sc2ccc(Cl)cc2)c(Cl)n1. The van der Waals surface area contributed by atoms with Crippen LogP contribution in [0.3, 0.4) is 0 Å². The number of hydrogen-bond acceptors (Lipinski definition) is 4. The molecule has 0 fully saturated rings. The second-order valence-electron chi connectivity index (χ2n) is 3.26. The molecule has 2 rings (SSSR count). The predicted octanol–water partition coefficient (Wildman–Crippen LogP) is 4.63. The lowest BCUT2D eigenvalue weighted by atomic mass is 10.4. The van der Waals surface area contributed by atoms with E-state index in [2.05, 4.69) is 15.3 Å². The van der Waals surface area contributed by atoms with Gasteiger partial charge in [-0.1, -0.05) is 46.6 Å². The molecule has 7 heteroatoms. The maximum Gasteiger partial charge on any atom is 0.225 e. The van der Waals surface area contributed by atoms with Crippen molar-refractivity contribution in [3.63, 3.8) is 0 Å². The lowest BCUT2D eigenvalue weighted by Crippen LogP contribution is -1.98. The van der Waals surface area contributed by atoms with E-state index in [9.17, 15) is 0 Å². The van der Waals surface area contributed by atoms with Crippen LogP contribution in [0, 0.1) is 0 Å². The fourth-order valence-corrected chi connectivity index (χ4v) is 2.73. The minimum atomic E-state index is 0.319. The Kier molecular flexibility index (Phi) is 4.56. The molecule has 0 amide bonds. The number of nitrogens with one attached hydrogen (secondary N) is 1. The Morgan fingerprint density at radius 2 is 1.56 bits per heavy atom. The zero-order valence-electron chi connectivity index (χ0n) is 9.25. The standard InChI is InChI=1S/C11H8Cl3N3S/c1-15-11-16-9(13)8(10(14)17-11)18-7-4-2-6(12)3-5-7/h2-5H,1H3,(H,15,16,17). The molecular formula is C11H8Cl3N3S. The third kappa shape index (κ3) is 3.20. The molecule has 1 N–H and O–H groups in total. The molecule has 0 spiro atoms. The molecule has 0 unspecified atom stereocenters. The molecule has 0 aliphatic rings. The van der Waals surface area contributed by atoms with E-state index < -0.39 is 0 Å². The highest BCUT2D eigenvalue weighted by molar-refractivity contribution is 7.99. The van der Waals surface area contributed by atoms with Crippen LogP contribution in [0.25, 0.3) is 0 Å². The molecular weight excluding hydrogens is 313 g/mol. The van der Waals surface area contributed by atoms with Gasteiger partial charge in [-0.15, -0.1) is 0 Å². The first kappa shape index (κ1) is 13.7. The van der Waals surface area contributed by atoms with Crippen molar-refractivity contribution < 1.29 is 0 Å². The number of aromatic nitrogens is 2. The van der Waals surface area contributed by atoms with E-state index in [-0.39, 0.29) is 0 Å². The van der Waals surface area contributed by atoms with Crippen molar-refractivity contribution in [3.8, 4) is 0 Å². The number of benzene rings is 1. The van der Waals surface area contributed by atoms with Crippen LogP contribution in [0.5, 0.6) is 0 Å². The number of halogens is 3. The predicted molar refractivity (Wildman–Crippen MR) is 77.2 cm³/mol. The summed E-state index contributed by atoms with van der Waals surface area (Å²) in [4.78, 5) is 9.74. The van der Waals surface area contributed by atoms with Crippen molar-refractivity contribution in [3.05, 3.63) is 39.6 Å². The average molecular weight is 321 g/mol. The third-order valence-corrected chi connectivity index (χ3v) is 4.16. The Labute approximate surface area is 124 Å². The Morgan fingerprint density at radius 1 is 1.00 bits per heavy atom. The highest BCUT2D eigenvalue weighted by Crippen LogP contribution is 2.37. The van der Waals surface area contributed by atoms with Crippen molar-refractivity contribution in [1.82, 2.24) is 9.97 Å². The molecule has 1 heterocycles. The highest BCUT2D eigenvalue weighted by atomic mass is 35.5. The molecule has 18 heavy (non-hydrogen) atoms. The lowest BCUT2D eigenvalue weighted by Gasteiger charge is -2.07. The van der Waals surface area contributed by atoms with Gasteiger partial charge in [-0.2, -0.15) is 9.97 Å². The van der Waals surface area contributed by atoms with Gasteiger partial charge < -0.3 is 5.32 Å². The van der Waals surface area contributed by atoms with Crippen LogP contribution in [-0.2, 0) is 0 Å². The average Bonchev–Trinajstić information content (AvgIpc) is 2.35. The maximum atomic E-state index is 6.07. The fraction of sp³-hybridized carbons (Fsp3) is 0.0909. The fourth-order valence-electron chi connectivity index (χ4n) is 1.21. The molecule has 94 valence electrons. The van der Waals surface area contributed by atoms with Gasteiger partial charge >= 0.3 is 0 Å². The first-order valence-corrected chi connectivity index (χ1v) is 6.89. The molecule has 3 nitrogen and oxygen atoms in total. The number of hydrogen-bond donors (Lipinski definition) is 1.